The molecule has 1 spiro atoms. The summed E-state index contributed by atoms with van der Waals surface area (Å²) in [6.45, 7) is 4.49. The fourth-order valence-corrected chi connectivity index (χ4v) is 6.96. The maximum absolute atomic E-state index is 13.6. The van der Waals surface area contributed by atoms with Crippen molar-refractivity contribution in [3.05, 3.63) is 63.1 Å². The van der Waals surface area contributed by atoms with E-state index in [0.29, 0.717) is 17.9 Å². The summed E-state index contributed by atoms with van der Waals surface area (Å²) in [5.74, 6) is 0.438. The first-order valence-corrected chi connectivity index (χ1v) is 10.8. The molecule has 29 heavy (non-hydrogen) atoms. The van der Waals surface area contributed by atoms with Crippen molar-refractivity contribution in [2.24, 2.45) is 5.92 Å². The highest BCUT2D eigenvalue weighted by molar-refractivity contribution is 5.89. The summed E-state index contributed by atoms with van der Waals surface area (Å²) in [5, 5.41) is 0. The lowest BCUT2D eigenvalue weighted by molar-refractivity contribution is 0.0592. The van der Waals surface area contributed by atoms with Crippen LogP contribution < -0.4 is 5.56 Å². The number of pyridine rings is 1. The van der Waals surface area contributed by atoms with E-state index in [-0.39, 0.29) is 16.5 Å². The van der Waals surface area contributed by atoms with Crippen molar-refractivity contribution in [3.63, 3.8) is 0 Å². The van der Waals surface area contributed by atoms with Crippen LogP contribution in [0.1, 0.15) is 59.3 Å². The molecule has 4 aliphatic rings. The Kier molecular flexibility index (Phi) is 3.50. The number of aromatic nitrogens is 1. The number of rotatable bonds is 2. The zero-order chi connectivity index (χ0) is 19.9. The number of carbonyl (C=O) groups is 1. The first-order chi connectivity index (χ1) is 14.1. The topological polar surface area (TPSA) is 51.5 Å². The molecule has 0 saturated carbocycles. The minimum absolute atomic E-state index is 0.0211. The fourth-order valence-electron chi connectivity index (χ4n) is 6.96. The van der Waals surface area contributed by atoms with Gasteiger partial charge in [0.25, 0.3) is 5.56 Å². The van der Waals surface area contributed by atoms with Gasteiger partial charge in [-0.3, -0.25) is 14.3 Å². The van der Waals surface area contributed by atoms with Crippen molar-refractivity contribution < 1.29 is 9.53 Å². The number of benzene rings is 1. The van der Waals surface area contributed by atoms with Gasteiger partial charge in [0.05, 0.1) is 12.8 Å². The zero-order valence-electron chi connectivity index (χ0n) is 17.0. The summed E-state index contributed by atoms with van der Waals surface area (Å²) in [6, 6.07) is 10.6. The molecular formula is C24H26N2O3. The predicted molar refractivity (Wildman–Crippen MR) is 110 cm³/mol. The Morgan fingerprint density at radius 3 is 2.93 bits per heavy atom. The van der Waals surface area contributed by atoms with E-state index in [1.807, 2.05) is 22.8 Å². The van der Waals surface area contributed by atoms with Crippen molar-refractivity contribution >= 4 is 5.97 Å². The SMILES string of the molecule is CCC1CN2CCC34Cc5ccccc5-n5c3c(cc(C(=O)OC)c5=O)C1CC24. The van der Waals surface area contributed by atoms with Crippen molar-refractivity contribution in [1.82, 2.24) is 9.47 Å². The smallest absolute Gasteiger partial charge is 0.343 e. The molecule has 4 heterocycles. The maximum atomic E-state index is 13.6. The van der Waals surface area contributed by atoms with Gasteiger partial charge in [-0.1, -0.05) is 31.5 Å². The number of piperidine rings is 1. The highest BCUT2D eigenvalue weighted by atomic mass is 16.5. The van der Waals surface area contributed by atoms with E-state index < -0.39 is 5.97 Å². The quantitative estimate of drug-likeness (QED) is 0.740. The normalized spacial score (nSPS) is 31.2. The molecule has 0 radical (unpaired) electrons. The molecule has 4 unspecified atom stereocenters. The number of nitrogens with zero attached hydrogens (tertiary/aromatic N) is 2. The molecule has 2 aromatic rings. The Hall–Kier alpha value is -2.40. The number of ether oxygens (including phenoxy) is 1. The molecule has 1 aromatic heterocycles. The molecule has 5 heteroatoms. The monoisotopic (exact) mass is 390 g/mol. The third-order valence-electron chi connectivity index (χ3n) is 8.21. The number of methoxy groups -OCH3 is 1. The van der Waals surface area contributed by atoms with Crippen LogP contribution in [-0.2, 0) is 16.6 Å². The zero-order valence-corrected chi connectivity index (χ0v) is 17.0. The molecule has 1 aromatic carbocycles. The number of carbonyl (C=O) groups excluding carboxylic acids is 1. The van der Waals surface area contributed by atoms with E-state index in [0.717, 1.165) is 44.5 Å². The van der Waals surface area contributed by atoms with Gasteiger partial charge >= 0.3 is 5.97 Å². The van der Waals surface area contributed by atoms with Crippen molar-refractivity contribution in [3.8, 4) is 5.69 Å². The summed E-state index contributed by atoms with van der Waals surface area (Å²) >= 11 is 0. The molecule has 2 bridgehead atoms. The molecule has 5 nitrogen and oxygen atoms in total. The molecule has 2 fully saturated rings. The number of para-hydroxylation sites is 1. The third kappa shape index (κ3) is 2.04. The van der Waals surface area contributed by atoms with E-state index in [1.165, 1.54) is 23.9 Å². The molecular weight excluding hydrogens is 364 g/mol. The fraction of sp³-hybridized carbons (Fsp3) is 0.500. The van der Waals surface area contributed by atoms with Gasteiger partial charge in [-0.05, 0) is 60.9 Å². The molecule has 0 N–H and O–H groups in total. The van der Waals surface area contributed by atoms with Crippen LogP contribution in [0.15, 0.2) is 35.1 Å². The van der Waals surface area contributed by atoms with Crippen molar-refractivity contribution in [2.45, 2.75) is 50.0 Å². The van der Waals surface area contributed by atoms with Crippen LogP contribution in [0.25, 0.3) is 5.69 Å². The van der Waals surface area contributed by atoms with Gasteiger partial charge in [0.2, 0.25) is 0 Å². The van der Waals surface area contributed by atoms with E-state index in [2.05, 4.69) is 24.0 Å². The Morgan fingerprint density at radius 1 is 1.31 bits per heavy atom. The van der Waals surface area contributed by atoms with Gasteiger partial charge in [0.1, 0.15) is 5.56 Å². The average molecular weight is 390 g/mol. The third-order valence-corrected chi connectivity index (χ3v) is 8.21. The molecule has 6 rings (SSSR count). The summed E-state index contributed by atoms with van der Waals surface area (Å²) in [7, 11) is 1.35. The standard InChI is InChI=1S/C24H26N2O3/c1-3-14-13-25-9-8-24-12-15-6-4-5-7-19(15)26-21(24)17(16(14)11-20(24)25)10-18(22(26)27)23(28)29-2/h4-7,10,14,16,20H,3,8-9,11-13H2,1-2H3. The van der Waals surface area contributed by atoms with Crippen LogP contribution in [0.4, 0.5) is 0 Å². The second-order valence-corrected chi connectivity index (χ2v) is 9.23. The van der Waals surface area contributed by atoms with Gasteiger partial charge in [-0.15, -0.1) is 0 Å². The first-order valence-electron chi connectivity index (χ1n) is 10.8. The Labute approximate surface area is 170 Å². The van der Waals surface area contributed by atoms with Crippen LogP contribution in [0.3, 0.4) is 0 Å². The molecule has 2 saturated heterocycles. The molecule has 3 aliphatic heterocycles. The summed E-state index contributed by atoms with van der Waals surface area (Å²) in [5.41, 5.74) is 4.50. The van der Waals surface area contributed by atoms with Crippen molar-refractivity contribution in [2.75, 3.05) is 20.2 Å². The van der Waals surface area contributed by atoms with Gasteiger partial charge in [-0.25, -0.2) is 4.79 Å². The van der Waals surface area contributed by atoms with Gasteiger partial charge in [0.15, 0.2) is 0 Å². The van der Waals surface area contributed by atoms with E-state index in [4.69, 9.17) is 4.74 Å². The lowest BCUT2D eigenvalue weighted by Crippen LogP contribution is -2.57. The molecule has 0 amide bonds. The summed E-state index contributed by atoms with van der Waals surface area (Å²) in [6.07, 6.45) is 4.31. The van der Waals surface area contributed by atoms with Gasteiger partial charge < -0.3 is 4.74 Å². The highest BCUT2D eigenvalue weighted by Crippen LogP contribution is 2.58. The molecule has 150 valence electrons. The second-order valence-electron chi connectivity index (χ2n) is 9.23. The lowest BCUT2D eigenvalue weighted by atomic mass is 9.58. The largest absolute Gasteiger partial charge is 0.465 e. The number of hydrogen-bond acceptors (Lipinski definition) is 4. The highest BCUT2D eigenvalue weighted by Gasteiger charge is 2.59. The Bertz CT molecular complexity index is 1100. The Balaban J connectivity index is 1.75. The Morgan fingerprint density at radius 2 is 2.14 bits per heavy atom. The number of esters is 1. The molecule has 1 aliphatic carbocycles. The van der Waals surface area contributed by atoms with Crippen LogP contribution in [0.5, 0.6) is 0 Å². The summed E-state index contributed by atoms with van der Waals surface area (Å²) in [4.78, 5) is 28.8. The minimum Gasteiger partial charge on any atom is -0.465 e. The van der Waals surface area contributed by atoms with E-state index >= 15 is 0 Å². The second kappa shape index (κ2) is 5.82. The van der Waals surface area contributed by atoms with E-state index in [9.17, 15) is 9.59 Å². The van der Waals surface area contributed by atoms with Crippen LogP contribution in [-0.4, -0.2) is 41.7 Å². The lowest BCUT2D eigenvalue weighted by Gasteiger charge is -2.54. The van der Waals surface area contributed by atoms with Gasteiger partial charge in [-0.2, -0.15) is 0 Å². The predicted octanol–water partition coefficient (Wildman–Crippen LogP) is 3.02. The van der Waals surface area contributed by atoms with Crippen LogP contribution in [0.2, 0.25) is 0 Å². The van der Waals surface area contributed by atoms with Crippen LogP contribution >= 0.6 is 0 Å². The maximum Gasteiger partial charge on any atom is 0.343 e. The molecule has 4 atom stereocenters. The first kappa shape index (κ1) is 17.5. The van der Waals surface area contributed by atoms with Crippen LogP contribution in [0, 0.1) is 5.92 Å². The number of fused-ring (bicyclic) bond motifs is 4. The minimum atomic E-state index is -0.530. The van der Waals surface area contributed by atoms with Gasteiger partial charge in [0, 0.05) is 23.7 Å². The summed E-state index contributed by atoms with van der Waals surface area (Å²) < 4.78 is 6.89. The van der Waals surface area contributed by atoms with E-state index in [1.54, 1.807) is 0 Å². The van der Waals surface area contributed by atoms with Crippen molar-refractivity contribution in [1.29, 1.82) is 0 Å². The average Bonchev–Trinajstić information content (AvgIpc) is 3.13. The number of hydrogen-bond donors (Lipinski definition) is 0.